The van der Waals surface area contributed by atoms with Gasteiger partial charge in [-0.1, -0.05) is 31.2 Å². The molecule has 2 rings (SSSR count). The predicted octanol–water partition coefficient (Wildman–Crippen LogP) is 5.44. The summed E-state index contributed by atoms with van der Waals surface area (Å²) < 4.78 is 5.13. The topological polar surface area (TPSA) is 63.0 Å². The summed E-state index contributed by atoms with van der Waals surface area (Å²) in [6.45, 7) is 4.19. The fourth-order valence-corrected chi connectivity index (χ4v) is 4.95. The Morgan fingerprint density at radius 3 is 2.92 bits per heavy atom. The summed E-state index contributed by atoms with van der Waals surface area (Å²) in [5.74, 6) is 0.612. The molecule has 0 aromatic carbocycles. The van der Waals surface area contributed by atoms with Crippen LogP contribution >= 0.6 is 34.9 Å². The lowest BCUT2D eigenvalue weighted by molar-refractivity contribution is 0.0525. The number of rotatable bonds is 9. The zero-order chi connectivity index (χ0) is 18.1. The van der Waals surface area contributed by atoms with Crippen molar-refractivity contribution in [2.45, 2.75) is 31.7 Å². The van der Waals surface area contributed by atoms with Gasteiger partial charge in [-0.3, -0.25) is 0 Å². The molecule has 0 unspecified atom stereocenters. The van der Waals surface area contributed by atoms with Gasteiger partial charge < -0.3 is 4.74 Å². The molecule has 0 aliphatic rings. The molecule has 2 aromatic heterocycles. The second-order valence-corrected chi connectivity index (χ2v) is 8.45. The van der Waals surface area contributed by atoms with Gasteiger partial charge in [-0.2, -0.15) is 17.0 Å². The van der Waals surface area contributed by atoms with E-state index in [1.807, 2.05) is 29.3 Å². The number of hydrogen-bond acceptors (Lipinski definition) is 7. The standard InChI is InChI=1S/C18H20N2O2S3/c1-3-5-8-23-12-25-17-14(11-19)13(18(21)22-4-2)10-15(20-17)16-7-6-9-24-16/h6-7,9-10H,3-5,8,12H2,1-2H3. The zero-order valence-electron chi connectivity index (χ0n) is 14.3. The molecule has 25 heavy (non-hydrogen) atoms. The molecule has 0 amide bonds. The van der Waals surface area contributed by atoms with Gasteiger partial charge >= 0.3 is 5.97 Å². The Hall–Kier alpha value is -1.49. The molecule has 0 atom stereocenters. The van der Waals surface area contributed by atoms with Crippen LogP contribution in [0.5, 0.6) is 0 Å². The van der Waals surface area contributed by atoms with Crippen LogP contribution in [0.15, 0.2) is 28.6 Å². The highest BCUT2D eigenvalue weighted by atomic mass is 32.2. The van der Waals surface area contributed by atoms with Gasteiger partial charge in [-0.05, 0) is 36.6 Å². The van der Waals surface area contributed by atoms with Crippen LogP contribution in [0.25, 0.3) is 10.6 Å². The van der Waals surface area contributed by atoms with Crippen molar-refractivity contribution in [3.05, 3.63) is 34.7 Å². The van der Waals surface area contributed by atoms with E-state index < -0.39 is 5.97 Å². The predicted molar refractivity (Wildman–Crippen MR) is 106 cm³/mol. The Morgan fingerprint density at radius 1 is 1.44 bits per heavy atom. The fraction of sp³-hybridized carbons (Fsp3) is 0.389. The molecule has 0 fully saturated rings. The number of carbonyl (C=O) groups is 1. The maximum absolute atomic E-state index is 12.3. The van der Waals surface area contributed by atoms with E-state index in [4.69, 9.17) is 4.74 Å². The van der Waals surface area contributed by atoms with E-state index in [1.165, 1.54) is 24.6 Å². The first-order valence-electron chi connectivity index (χ1n) is 8.07. The lowest BCUT2D eigenvalue weighted by Crippen LogP contribution is -2.09. The van der Waals surface area contributed by atoms with Crippen LogP contribution in [0.4, 0.5) is 0 Å². The average Bonchev–Trinajstić information content (AvgIpc) is 3.15. The maximum atomic E-state index is 12.3. The molecule has 7 heteroatoms. The van der Waals surface area contributed by atoms with E-state index in [9.17, 15) is 10.1 Å². The maximum Gasteiger partial charge on any atom is 0.339 e. The monoisotopic (exact) mass is 392 g/mol. The van der Waals surface area contributed by atoms with Crippen LogP contribution in [-0.4, -0.2) is 28.4 Å². The number of nitrogens with zero attached hydrogens (tertiary/aromatic N) is 2. The van der Waals surface area contributed by atoms with Gasteiger partial charge in [0.2, 0.25) is 0 Å². The summed E-state index contributed by atoms with van der Waals surface area (Å²) in [6, 6.07) is 7.70. The highest BCUT2D eigenvalue weighted by molar-refractivity contribution is 8.15. The van der Waals surface area contributed by atoms with Crippen molar-refractivity contribution < 1.29 is 9.53 Å². The van der Waals surface area contributed by atoms with Crippen LogP contribution in [0.3, 0.4) is 0 Å². The van der Waals surface area contributed by atoms with Gasteiger partial charge in [0.05, 0.1) is 28.3 Å². The largest absolute Gasteiger partial charge is 0.462 e. The highest BCUT2D eigenvalue weighted by Crippen LogP contribution is 2.32. The number of thioether (sulfide) groups is 2. The SMILES string of the molecule is CCCCSCSc1nc(-c2cccs2)cc(C(=O)OCC)c1C#N. The molecule has 0 saturated carbocycles. The van der Waals surface area contributed by atoms with Crippen molar-refractivity contribution in [2.24, 2.45) is 0 Å². The smallest absolute Gasteiger partial charge is 0.339 e. The number of aromatic nitrogens is 1. The lowest BCUT2D eigenvalue weighted by atomic mass is 10.1. The van der Waals surface area contributed by atoms with Crippen molar-refractivity contribution in [3.8, 4) is 16.6 Å². The molecule has 132 valence electrons. The van der Waals surface area contributed by atoms with Crippen LogP contribution in [0.1, 0.15) is 42.6 Å². The minimum Gasteiger partial charge on any atom is -0.462 e. The summed E-state index contributed by atoms with van der Waals surface area (Å²) in [4.78, 5) is 17.9. The van der Waals surface area contributed by atoms with Crippen molar-refractivity contribution in [2.75, 3.05) is 17.4 Å². The number of unbranched alkanes of at least 4 members (excludes halogenated alkanes) is 1. The second-order valence-electron chi connectivity index (χ2n) is 5.07. The Morgan fingerprint density at radius 2 is 2.28 bits per heavy atom. The van der Waals surface area contributed by atoms with E-state index in [0.717, 1.165) is 15.7 Å². The Labute approximate surface area is 161 Å². The van der Waals surface area contributed by atoms with Crippen LogP contribution < -0.4 is 0 Å². The molecular formula is C18H20N2O2S3. The Kier molecular flexibility index (Phi) is 8.32. The molecule has 2 aromatic rings. The van der Waals surface area contributed by atoms with Crippen molar-refractivity contribution in [1.82, 2.24) is 4.98 Å². The molecule has 0 aliphatic carbocycles. The summed E-state index contributed by atoms with van der Waals surface area (Å²) >= 11 is 4.88. The van der Waals surface area contributed by atoms with Gasteiger partial charge in [0.15, 0.2) is 0 Å². The first kappa shape index (κ1) is 19.8. The van der Waals surface area contributed by atoms with E-state index in [1.54, 1.807) is 24.3 Å². The minimum absolute atomic E-state index is 0.274. The third-order valence-electron chi connectivity index (χ3n) is 3.29. The molecule has 2 heterocycles. The van der Waals surface area contributed by atoms with Gasteiger partial charge in [0.1, 0.15) is 11.1 Å². The van der Waals surface area contributed by atoms with E-state index in [2.05, 4.69) is 18.0 Å². The number of nitriles is 1. The molecular weight excluding hydrogens is 372 g/mol. The quantitative estimate of drug-likeness (QED) is 0.245. The number of thiophene rings is 1. The number of pyridine rings is 1. The summed E-state index contributed by atoms with van der Waals surface area (Å²) in [5.41, 5.74) is 1.31. The minimum atomic E-state index is -0.472. The van der Waals surface area contributed by atoms with Crippen LogP contribution in [0, 0.1) is 11.3 Å². The normalized spacial score (nSPS) is 10.4. The summed E-state index contributed by atoms with van der Waals surface area (Å²) in [6.07, 6.45) is 2.34. The molecule has 0 spiro atoms. The average molecular weight is 393 g/mol. The van der Waals surface area contributed by atoms with Crippen molar-refractivity contribution in [1.29, 1.82) is 5.26 Å². The first-order chi connectivity index (χ1) is 12.2. The third kappa shape index (κ3) is 5.50. The molecule has 0 saturated heterocycles. The van der Waals surface area contributed by atoms with Gasteiger partial charge in [-0.25, -0.2) is 9.78 Å². The first-order valence-corrected chi connectivity index (χ1v) is 11.1. The van der Waals surface area contributed by atoms with Crippen LogP contribution in [0.2, 0.25) is 0 Å². The fourth-order valence-electron chi connectivity index (χ4n) is 2.06. The number of hydrogen-bond donors (Lipinski definition) is 0. The second kappa shape index (κ2) is 10.5. The van der Waals surface area contributed by atoms with Crippen molar-refractivity contribution in [3.63, 3.8) is 0 Å². The summed E-state index contributed by atoms with van der Waals surface area (Å²) in [7, 11) is 0. The highest BCUT2D eigenvalue weighted by Gasteiger charge is 2.20. The molecule has 0 radical (unpaired) electrons. The van der Waals surface area contributed by atoms with Crippen LogP contribution in [-0.2, 0) is 4.74 Å². The third-order valence-corrected chi connectivity index (χ3v) is 6.46. The number of esters is 1. The Balaban J connectivity index is 2.34. The Bertz CT molecular complexity index is 740. The van der Waals surface area contributed by atoms with E-state index >= 15 is 0 Å². The van der Waals surface area contributed by atoms with E-state index in [0.29, 0.717) is 21.8 Å². The van der Waals surface area contributed by atoms with Gasteiger partial charge in [0, 0.05) is 5.08 Å². The molecule has 0 aliphatic heterocycles. The van der Waals surface area contributed by atoms with Gasteiger partial charge in [-0.15, -0.1) is 11.3 Å². The molecule has 4 nitrogen and oxygen atoms in total. The molecule has 0 bridgehead atoms. The number of carbonyl (C=O) groups excluding carboxylic acids is 1. The van der Waals surface area contributed by atoms with E-state index in [-0.39, 0.29) is 6.61 Å². The number of ether oxygens (including phenoxy) is 1. The summed E-state index contributed by atoms with van der Waals surface area (Å²) in [5, 5.41) is 12.9. The van der Waals surface area contributed by atoms with Gasteiger partial charge in [0.25, 0.3) is 0 Å². The zero-order valence-corrected chi connectivity index (χ0v) is 16.7. The molecule has 0 N–H and O–H groups in total. The lowest BCUT2D eigenvalue weighted by Gasteiger charge is -2.10. The van der Waals surface area contributed by atoms with Crippen molar-refractivity contribution >= 4 is 40.8 Å².